The molecule has 0 unspecified atom stereocenters. The first-order valence-corrected chi connectivity index (χ1v) is 32.9. The van der Waals surface area contributed by atoms with Crippen LogP contribution in [0.1, 0.15) is 178 Å². The van der Waals surface area contributed by atoms with Gasteiger partial charge in [0.15, 0.2) is 25.1 Å². The SMILES string of the molecule is COC(=O)C[C@H](C(=O)N1CCC[C@H]1c1nc2cc([C@H]3CC[C@H](c4cc5c(cc4F)nc([C@@H]4CCCN4C(=O)[C@@H](CC(=O)OC)[C@@H](C)OC)n5COC(=O)C(C)(C)C)N3c3cc(F)c(N4CCC(c5ccc(F)cc5)CC4)c(F)c3)c(F)cc2n1COC(=O)C(C)(C)C)[C@@H](C)OC. The summed E-state index contributed by atoms with van der Waals surface area (Å²) in [5.41, 5.74) is -0.475. The monoisotopic (exact) mass is 1340 g/mol. The third-order valence-corrected chi connectivity index (χ3v) is 19.6. The van der Waals surface area contributed by atoms with Crippen LogP contribution in [0.15, 0.2) is 60.7 Å². The number of halogens is 5. The Kier molecular flexibility index (Phi) is 21.2. The van der Waals surface area contributed by atoms with Crippen molar-refractivity contribution in [1.82, 2.24) is 28.9 Å². The molecule has 4 saturated heterocycles. The van der Waals surface area contributed by atoms with Crippen molar-refractivity contribution in [2.24, 2.45) is 22.7 Å². The number of benzene rings is 4. The van der Waals surface area contributed by atoms with Gasteiger partial charge in [-0.1, -0.05) is 12.1 Å². The van der Waals surface area contributed by atoms with E-state index in [9.17, 15) is 33.2 Å². The van der Waals surface area contributed by atoms with Crippen molar-refractivity contribution in [3.63, 3.8) is 0 Å². The number of fused-ring (bicyclic) bond motifs is 2. The van der Waals surface area contributed by atoms with E-state index in [2.05, 4.69) is 0 Å². The lowest BCUT2D eigenvalue weighted by Crippen LogP contribution is -2.42. The van der Waals surface area contributed by atoms with E-state index in [-0.39, 0.29) is 120 Å². The van der Waals surface area contributed by atoms with E-state index in [0.717, 1.165) is 5.56 Å². The van der Waals surface area contributed by atoms with Gasteiger partial charge >= 0.3 is 23.9 Å². The number of hydrogen-bond donors (Lipinski definition) is 0. The van der Waals surface area contributed by atoms with Crippen molar-refractivity contribution >= 4 is 69.1 Å². The van der Waals surface area contributed by atoms with Gasteiger partial charge in [-0.3, -0.25) is 37.9 Å². The number of piperidine rings is 1. The molecular formula is C71H87F5N8O12. The zero-order chi connectivity index (χ0) is 69.4. The molecule has 518 valence electrons. The summed E-state index contributed by atoms with van der Waals surface area (Å²) in [5, 5.41) is 0. The zero-order valence-electron chi connectivity index (χ0n) is 56.6. The fourth-order valence-electron chi connectivity index (χ4n) is 14.1. The summed E-state index contributed by atoms with van der Waals surface area (Å²) in [6, 6.07) is 10.4. The molecule has 0 saturated carbocycles. The quantitative estimate of drug-likeness (QED) is 0.0373. The number of esters is 4. The molecule has 0 N–H and O–H groups in total. The number of aromatic nitrogens is 4. The number of amides is 2. The Labute approximate surface area is 555 Å². The largest absolute Gasteiger partial charge is 0.469 e. The van der Waals surface area contributed by atoms with Crippen LogP contribution in [0.2, 0.25) is 0 Å². The van der Waals surface area contributed by atoms with Crippen LogP contribution in [0.3, 0.4) is 0 Å². The minimum absolute atomic E-state index is 0.0149. The van der Waals surface area contributed by atoms with Crippen molar-refractivity contribution in [3.05, 3.63) is 118 Å². The number of carbonyl (C=O) groups excluding carboxylic acids is 6. The molecule has 4 aliphatic rings. The molecule has 2 aromatic heterocycles. The Bertz CT molecular complexity index is 3870. The van der Waals surface area contributed by atoms with Gasteiger partial charge < -0.3 is 48.0 Å². The number of rotatable bonds is 21. The van der Waals surface area contributed by atoms with Gasteiger partial charge in [0, 0.05) is 69.3 Å². The number of nitrogens with zero attached hydrogens (tertiary/aromatic N) is 8. The molecule has 4 aliphatic heterocycles. The molecule has 2 amide bonds. The summed E-state index contributed by atoms with van der Waals surface area (Å²) in [5.74, 6) is -8.36. The van der Waals surface area contributed by atoms with Crippen molar-refractivity contribution in [3.8, 4) is 0 Å². The van der Waals surface area contributed by atoms with E-state index in [1.165, 1.54) is 77.0 Å². The molecule has 4 fully saturated rings. The Hall–Kier alpha value is -8.19. The van der Waals surface area contributed by atoms with Gasteiger partial charge in [-0.2, -0.15) is 0 Å². The second-order valence-corrected chi connectivity index (χ2v) is 27.8. The van der Waals surface area contributed by atoms with Crippen LogP contribution < -0.4 is 9.80 Å². The number of hydrogen-bond acceptors (Lipinski definition) is 16. The van der Waals surface area contributed by atoms with Crippen LogP contribution in [0.25, 0.3) is 22.1 Å². The maximum atomic E-state index is 17.9. The summed E-state index contributed by atoms with van der Waals surface area (Å²) in [6.07, 6.45) is 1.07. The van der Waals surface area contributed by atoms with E-state index in [4.69, 9.17) is 38.4 Å². The topological polar surface area (TPSA) is 206 Å². The van der Waals surface area contributed by atoms with Crippen molar-refractivity contribution in [2.75, 3.05) is 64.4 Å². The lowest BCUT2D eigenvalue weighted by molar-refractivity contribution is -0.157. The fraction of sp³-hybridized carbons (Fsp3) is 0.549. The molecule has 4 aromatic carbocycles. The third kappa shape index (κ3) is 14.4. The van der Waals surface area contributed by atoms with Crippen molar-refractivity contribution in [2.45, 2.75) is 175 Å². The standard InChI is InChI=1S/C71H87F5N8O12/c1-39(91-9)45(33-61(85)93-11)66(87)80-25-13-15-57(80)64-77-53-31-47(50(74)36-60(53)83(64)38-96-69(90)71(6,7)8)55-21-22-56(84(55)44-29-51(75)63(52(76)30-44)79-27-23-42(24-28-79)41-17-19-43(72)20-18-41)48-32-59-54(35-49(48)73)78-65(82(59)37-95-68(89)70(3,4)5)58-16-14-26-81(58)67(88)46(40(2)92-10)34-62(86)94-12/h17-20,29-32,35-36,39-40,42,45-46,55-58H,13-16,21-28,33-34,37-38H2,1-12H3/t39-,40-,45+,46+,55-,56-,57+,58+/m1/s1. The highest BCUT2D eigenvalue weighted by atomic mass is 19.1. The number of methoxy groups -OCH3 is 4. The molecule has 6 aromatic rings. The molecule has 10 rings (SSSR count). The number of anilines is 2. The Morgan fingerprint density at radius 3 is 1.42 bits per heavy atom. The van der Waals surface area contributed by atoms with Crippen LogP contribution in [-0.2, 0) is 70.7 Å². The summed E-state index contributed by atoms with van der Waals surface area (Å²) < 4.78 is 120. The smallest absolute Gasteiger partial charge is 0.312 e. The first-order valence-electron chi connectivity index (χ1n) is 32.9. The third-order valence-electron chi connectivity index (χ3n) is 19.6. The van der Waals surface area contributed by atoms with Gasteiger partial charge in [0.25, 0.3) is 0 Å². The van der Waals surface area contributed by atoms with Gasteiger partial charge in [-0.05, 0) is 155 Å². The van der Waals surface area contributed by atoms with Gasteiger partial charge in [-0.15, -0.1) is 0 Å². The second kappa shape index (κ2) is 28.9. The van der Waals surface area contributed by atoms with Crippen molar-refractivity contribution < 1.29 is 79.1 Å². The van der Waals surface area contributed by atoms with Gasteiger partial charge in [0.1, 0.15) is 34.8 Å². The first kappa shape index (κ1) is 70.6. The van der Waals surface area contributed by atoms with Crippen LogP contribution >= 0.6 is 0 Å². The van der Waals surface area contributed by atoms with Gasteiger partial charge in [-0.25, -0.2) is 31.9 Å². The molecule has 0 radical (unpaired) electrons. The lowest BCUT2D eigenvalue weighted by Gasteiger charge is -2.36. The number of ether oxygens (including phenoxy) is 6. The van der Waals surface area contributed by atoms with Crippen LogP contribution in [0.5, 0.6) is 0 Å². The van der Waals surface area contributed by atoms with Crippen LogP contribution in [0.4, 0.5) is 33.3 Å². The summed E-state index contributed by atoms with van der Waals surface area (Å²) in [6.45, 7) is 13.7. The highest BCUT2D eigenvalue weighted by molar-refractivity contribution is 5.87. The molecule has 0 aliphatic carbocycles. The molecule has 8 atom stereocenters. The van der Waals surface area contributed by atoms with E-state index in [1.807, 2.05) is 0 Å². The zero-order valence-corrected chi connectivity index (χ0v) is 56.6. The van der Waals surface area contributed by atoms with Crippen LogP contribution in [-0.4, -0.2) is 131 Å². The molecule has 6 heterocycles. The van der Waals surface area contributed by atoms with Gasteiger partial charge in [0.05, 0.1) is 108 Å². The van der Waals surface area contributed by atoms with Crippen LogP contribution in [0, 0.1) is 51.8 Å². The fourth-order valence-corrected chi connectivity index (χ4v) is 14.1. The minimum atomic E-state index is -1.08. The molecule has 20 nitrogen and oxygen atoms in total. The number of imidazole rings is 2. The summed E-state index contributed by atoms with van der Waals surface area (Å²) in [7, 11) is 5.32. The average Bonchev–Trinajstić information content (AvgIpc) is 1.58. The lowest BCUT2D eigenvalue weighted by atomic mass is 9.89. The normalized spacial score (nSPS) is 20.1. The molecule has 0 spiro atoms. The molecule has 25 heteroatoms. The molecular weight excluding hydrogens is 1250 g/mol. The van der Waals surface area contributed by atoms with E-state index in [1.54, 1.807) is 96.3 Å². The van der Waals surface area contributed by atoms with Crippen molar-refractivity contribution in [1.29, 1.82) is 0 Å². The predicted octanol–water partition coefficient (Wildman–Crippen LogP) is 12.4. The first-order chi connectivity index (χ1) is 45.6. The number of likely N-dealkylation sites (tertiary alicyclic amines) is 2. The average molecular weight is 1340 g/mol. The second-order valence-electron chi connectivity index (χ2n) is 27.8. The molecule has 96 heavy (non-hydrogen) atoms. The predicted molar refractivity (Wildman–Crippen MR) is 345 cm³/mol. The summed E-state index contributed by atoms with van der Waals surface area (Å²) in [4.78, 5) is 98.2. The minimum Gasteiger partial charge on any atom is -0.469 e. The van der Waals surface area contributed by atoms with E-state index < -0.39 is 131 Å². The number of carbonyl (C=O) groups is 6. The van der Waals surface area contributed by atoms with Gasteiger partial charge in [0.2, 0.25) is 11.8 Å². The molecule has 0 bridgehead atoms. The maximum Gasteiger partial charge on any atom is 0.312 e. The van der Waals surface area contributed by atoms with E-state index in [0.29, 0.717) is 38.5 Å². The van der Waals surface area contributed by atoms with E-state index >= 15 is 17.6 Å². The summed E-state index contributed by atoms with van der Waals surface area (Å²) >= 11 is 0. The Balaban J connectivity index is 1.10. The highest BCUT2D eigenvalue weighted by Crippen LogP contribution is 2.51. The Morgan fingerprint density at radius 1 is 0.531 bits per heavy atom. The highest BCUT2D eigenvalue weighted by Gasteiger charge is 2.45. The maximum absolute atomic E-state index is 17.9. The Morgan fingerprint density at radius 2 is 0.969 bits per heavy atom.